The molecule has 0 N–H and O–H groups in total. The molecule has 18 heavy (non-hydrogen) atoms. The van der Waals surface area contributed by atoms with Gasteiger partial charge in [-0.2, -0.15) is 5.10 Å². The predicted molar refractivity (Wildman–Crippen MR) is 68.5 cm³/mol. The first-order valence-electron chi connectivity index (χ1n) is 6.28. The lowest BCUT2D eigenvalue weighted by atomic mass is 10.2. The number of nitrogens with zero attached hydrogens (tertiary/aromatic N) is 2. The van der Waals surface area contributed by atoms with E-state index in [9.17, 15) is 4.79 Å². The fourth-order valence-electron chi connectivity index (χ4n) is 1.42. The van der Waals surface area contributed by atoms with Gasteiger partial charge in [-0.1, -0.05) is 6.92 Å². The van der Waals surface area contributed by atoms with Crippen molar-refractivity contribution in [1.29, 1.82) is 0 Å². The summed E-state index contributed by atoms with van der Waals surface area (Å²) >= 11 is 0. The molecule has 1 aromatic rings. The number of aryl methyl sites for hydroxylation is 1. The molecule has 0 aliphatic carbocycles. The van der Waals surface area contributed by atoms with Crippen molar-refractivity contribution in [3.8, 4) is 5.75 Å². The second-order valence-corrected chi connectivity index (χ2v) is 5.12. The fraction of sp³-hybridized carbons (Fsp3) is 0.692. The van der Waals surface area contributed by atoms with Crippen molar-refractivity contribution in [2.75, 3.05) is 6.61 Å². The van der Waals surface area contributed by atoms with E-state index in [1.807, 2.05) is 31.6 Å². The minimum Gasteiger partial charge on any atom is -0.490 e. The van der Waals surface area contributed by atoms with E-state index in [-0.39, 0.29) is 12.4 Å². The van der Waals surface area contributed by atoms with Gasteiger partial charge in [0.1, 0.15) is 5.60 Å². The normalized spacial score (nSPS) is 11.3. The number of esters is 1. The monoisotopic (exact) mass is 254 g/mol. The summed E-state index contributed by atoms with van der Waals surface area (Å²) in [6.07, 6.45) is 4.76. The molecule has 0 saturated carbocycles. The van der Waals surface area contributed by atoms with Gasteiger partial charge in [0.2, 0.25) is 0 Å². The van der Waals surface area contributed by atoms with Crippen LogP contribution in [0.2, 0.25) is 0 Å². The van der Waals surface area contributed by atoms with Crippen molar-refractivity contribution in [2.24, 2.45) is 0 Å². The van der Waals surface area contributed by atoms with Crippen LogP contribution < -0.4 is 4.74 Å². The predicted octanol–water partition coefficient (Wildman–Crippen LogP) is 2.40. The molecule has 1 heterocycles. The quantitative estimate of drug-likeness (QED) is 0.731. The lowest BCUT2D eigenvalue weighted by molar-refractivity contribution is -0.155. The Kier molecular flexibility index (Phi) is 5.19. The molecule has 0 atom stereocenters. The Hall–Kier alpha value is -1.52. The summed E-state index contributed by atoms with van der Waals surface area (Å²) in [4.78, 5) is 11.4. The number of carbonyl (C=O) groups excluding carboxylic acids is 1. The van der Waals surface area contributed by atoms with Gasteiger partial charge in [-0.05, 0) is 27.2 Å². The number of aromatic nitrogens is 2. The molecule has 0 saturated heterocycles. The minimum absolute atomic E-state index is 0.246. The van der Waals surface area contributed by atoms with Crippen molar-refractivity contribution in [3.63, 3.8) is 0 Å². The van der Waals surface area contributed by atoms with Crippen molar-refractivity contribution in [3.05, 3.63) is 12.4 Å². The first-order chi connectivity index (χ1) is 8.40. The van der Waals surface area contributed by atoms with Crippen molar-refractivity contribution >= 4 is 5.97 Å². The maximum absolute atomic E-state index is 11.4. The van der Waals surface area contributed by atoms with E-state index in [1.54, 1.807) is 6.20 Å². The summed E-state index contributed by atoms with van der Waals surface area (Å²) < 4.78 is 12.4. The smallest absolute Gasteiger partial charge is 0.309 e. The summed E-state index contributed by atoms with van der Waals surface area (Å²) in [7, 11) is 0. The maximum atomic E-state index is 11.4. The van der Waals surface area contributed by atoms with Gasteiger partial charge >= 0.3 is 5.97 Å². The summed E-state index contributed by atoms with van der Waals surface area (Å²) in [6.45, 7) is 8.81. The van der Waals surface area contributed by atoms with Gasteiger partial charge in [0, 0.05) is 6.54 Å². The van der Waals surface area contributed by atoms with Crippen LogP contribution in [0.4, 0.5) is 0 Å². The van der Waals surface area contributed by atoms with E-state index < -0.39 is 5.60 Å². The van der Waals surface area contributed by atoms with Crippen molar-refractivity contribution in [1.82, 2.24) is 9.78 Å². The van der Waals surface area contributed by atoms with E-state index >= 15 is 0 Å². The van der Waals surface area contributed by atoms with Crippen LogP contribution in [0.1, 0.15) is 40.5 Å². The van der Waals surface area contributed by atoms with Gasteiger partial charge in [-0.15, -0.1) is 0 Å². The van der Waals surface area contributed by atoms with Crippen LogP contribution in [-0.2, 0) is 16.1 Å². The van der Waals surface area contributed by atoms with Crippen LogP contribution >= 0.6 is 0 Å². The number of hydrogen-bond acceptors (Lipinski definition) is 4. The molecule has 1 rings (SSSR count). The molecule has 5 nitrogen and oxygen atoms in total. The molecule has 0 aliphatic heterocycles. The molecule has 0 aromatic carbocycles. The van der Waals surface area contributed by atoms with E-state index in [0.717, 1.165) is 13.0 Å². The maximum Gasteiger partial charge on any atom is 0.309 e. The average Bonchev–Trinajstić information content (AvgIpc) is 2.63. The zero-order chi connectivity index (χ0) is 13.6. The van der Waals surface area contributed by atoms with Crippen LogP contribution in [0.15, 0.2) is 12.4 Å². The molecular weight excluding hydrogens is 232 g/mol. The Morgan fingerprint density at radius 3 is 2.78 bits per heavy atom. The summed E-state index contributed by atoms with van der Waals surface area (Å²) in [5.41, 5.74) is -0.441. The molecule has 0 aliphatic rings. The Labute approximate surface area is 108 Å². The number of hydrogen-bond donors (Lipinski definition) is 0. The second kappa shape index (κ2) is 6.42. The summed E-state index contributed by atoms with van der Waals surface area (Å²) in [5, 5.41) is 4.14. The first kappa shape index (κ1) is 14.5. The molecule has 0 spiro atoms. The van der Waals surface area contributed by atoms with Gasteiger partial charge in [-0.3, -0.25) is 9.48 Å². The largest absolute Gasteiger partial charge is 0.490 e. The standard InChI is InChI=1S/C13H22N2O3/c1-5-7-15-10-11(9-14-15)17-8-6-12(16)18-13(2,3)4/h9-10H,5-8H2,1-4H3. The zero-order valence-electron chi connectivity index (χ0n) is 11.6. The first-order valence-corrected chi connectivity index (χ1v) is 6.28. The molecule has 0 bridgehead atoms. The van der Waals surface area contributed by atoms with Gasteiger partial charge < -0.3 is 9.47 Å². The van der Waals surface area contributed by atoms with Crippen molar-refractivity contribution in [2.45, 2.75) is 52.7 Å². The highest BCUT2D eigenvalue weighted by molar-refractivity contribution is 5.69. The third kappa shape index (κ3) is 5.70. The third-order valence-corrected chi connectivity index (χ3v) is 2.06. The lowest BCUT2D eigenvalue weighted by Crippen LogP contribution is -2.24. The highest BCUT2D eigenvalue weighted by Gasteiger charge is 2.15. The zero-order valence-corrected chi connectivity index (χ0v) is 11.6. The topological polar surface area (TPSA) is 53.4 Å². The lowest BCUT2D eigenvalue weighted by Gasteiger charge is -2.19. The SMILES string of the molecule is CCCn1cc(OCCC(=O)OC(C)(C)C)cn1. The van der Waals surface area contributed by atoms with Crippen molar-refractivity contribution < 1.29 is 14.3 Å². The van der Waals surface area contributed by atoms with Crippen LogP contribution in [0.25, 0.3) is 0 Å². The van der Waals surface area contributed by atoms with E-state index in [2.05, 4.69) is 12.0 Å². The van der Waals surface area contributed by atoms with Crippen LogP contribution in [0.3, 0.4) is 0 Å². The van der Waals surface area contributed by atoms with E-state index in [0.29, 0.717) is 12.4 Å². The number of rotatable bonds is 6. The Morgan fingerprint density at radius 1 is 1.44 bits per heavy atom. The Morgan fingerprint density at radius 2 is 2.17 bits per heavy atom. The van der Waals surface area contributed by atoms with Gasteiger partial charge in [0.25, 0.3) is 0 Å². The van der Waals surface area contributed by atoms with E-state index in [4.69, 9.17) is 9.47 Å². The summed E-state index contributed by atoms with van der Waals surface area (Å²) in [6, 6.07) is 0. The fourth-order valence-corrected chi connectivity index (χ4v) is 1.42. The van der Waals surface area contributed by atoms with Crippen LogP contribution in [-0.4, -0.2) is 28.0 Å². The Balaban J connectivity index is 2.26. The highest BCUT2D eigenvalue weighted by Crippen LogP contribution is 2.11. The van der Waals surface area contributed by atoms with Gasteiger partial charge in [0.05, 0.1) is 25.4 Å². The number of carbonyl (C=O) groups is 1. The number of ether oxygens (including phenoxy) is 2. The summed E-state index contributed by atoms with van der Waals surface area (Å²) in [5.74, 6) is 0.440. The van der Waals surface area contributed by atoms with Gasteiger partial charge in [0.15, 0.2) is 5.75 Å². The molecular formula is C13H22N2O3. The molecule has 102 valence electrons. The minimum atomic E-state index is -0.441. The molecule has 1 aromatic heterocycles. The molecule has 0 fully saturated rings. The molecule has 0 amide bonds. The molecule has 5 heteroatoms. The highest BCUT2D eigenvalue weighted by atomic mass is 16.6. The molecule has 0 unspecified atom stereocenters. The van der Waals surface area contributed by atoms with Gasteiger partial charge in [-0.25, -0.2) is 0 Å². The van der Waals surface area contributed by atoms with Crippen LogP contribution in [0, 0.1) is 0 Å². The van der Waals surface area contributed by atoms with E-state index in [1.165, 1.54) is 0 Å². The third-order valence-electron chi connectivity index (χ3n) is 2.06. The molecule has 0 radical (unpaired) electrons. The Bertz CT molecular complexity index is 380. The average molecular weight is 254 g/mol. The van der Waals surface area contributed by atoms with Crippen LogP contribution in [0.5, 0.6) is 5.75 Å². The second-order valence-electron chi connectivity index (χ2n) is 5.12.